The molecule has 0 rings (SSSR count). The van der Waals surface area contributed by atoms with Crippen molar-refractivity contribution < 1.29 is 19.8 Å². The van der Waals surface area contributed by atoms with Crippen LogP contribution in [0.5, 0.6) is 0 Å². The van der Waals surface area contributed by atoms with Crippen molar-refractivity contribution in [1.29, 1.82) is 0 Å². The van der Waals surface area contributed by atoms with Gasteiger partial charge >= 0.3 is 11.9 Å². The molecular weight excluding hydrogens is 246 g/mol. The first-order chi connectivity index (χ1) is 8.88. The highest BCUT2D eigenvalue weighted by atomic mass is 16.4. The molecule has 0 heterocycles. The molecule has 19 heavy (non-hydrogen) atoms. The Kier molecular flexibility index (Phi) is 13.7. The van der Waals surface area contributed by atoms with E-state index in [-0.39, 0.29) is 18.4 Å². The molecule has 0 aromatic heterocycles. The number of aliphatic carboxylic acids is 2. The molecule has 4 N–H and O–H groups in total. The third-order valence-electron chi connectivity index (χ3n) is 2.62. The molecule has 5 heteroatoms. The lowest BCUT2D eigenvalue weighted by Gasteiger charge is -2.07. The molecule has 0 aliphatic rings. The van der Waals surface area contributed by atoms with Gasteiger partial charge < -0.3 is 15.9 Å². The summed E-state index contributed by atoms with van der Waals surface area (Å²) in [6, 6.07) is -0.180. The number of carboxylic acids is 2. The first-order valence-corrected chi connectivity index (χ1v) is 6.71. The van der Waals surface area contributed by atoms with E-state index >= 15 is 0 Å². The van der Waals surface area contributed by atoms with E-state index in [2.05, 4.69) is 6.58 Å². The maximum absolute atomic E-state index is 10.5. The lowest BCUT2D eigenvalue weighted by Crippen LogP contribution is -2.17. The van der Waals surface area contributed by atoms with Gasteiger partial charge in [0.05, 0.1) is 5.92 Å². The number of rotatable bonds is 9. The molecule has 0 aliphatic heterocycles. The van der Waals surface area contributed by atoms with Gasteiger partial charge in [-0.15, -0.1) is 6.58 Å². The topological polar surface area (TPSA) is 101 Å². The van der Waals surface area contributed by atoms with Crippen LogP contribution < -0.4 is 5.73 Å². The van der Waals surface area contributed by atoms with Crippen LogP contribution in [-0.4, -0.2) is 28.2 Å². The van der Waals surface area contributed by atoms with E-state index < -0.39 is 11.9 Å². The van der Waals surface area contributed by atoms with E-state index in [0.717, 1.165) is 25.7 Å². The van der Waals surface area contributed by atoms with Crippen LogP contribution in [0.4, 0.5) is 0 Å². The van der Waals surface area contributed by atoms with E-state index in [0.29, 0.717) is 6.42 Å². The average molecular weight is 273 g/mol. The second-order valence-electron chi connectivity index (χ2n) is 4.44. The molecule has 5 nitrogen and oxygen atoms in total. The molecule has 1 unspecified atom stereocenters. The molecule has 112 valence electrons. The summed E-state index contributed by atoms with van der Waals surface area (Å²) in [4.78, 5) is 20.4. The number of carboxylic acid groups (broad SMARTS) is 2. The van der Waals surface area contributed by atoms with Crippen LogP contribution in [0.25, 0.3) is 0 Å². The van der Waals surface area contributed by atoms with Crippen molar-refractivity contribution in [2.45, 2.75) is 58.4 Å². The highest BCUT2D eigenvalue weighted by Gasteiger charge is 2.13. The van der Waals surface area contributed by atoms with Gasteiger partial charge in [0.15, 0.2) is 0 Å². The third kappa shape index (κ3) is 14.6. The monoisotopic (exact) mass is 273 g/mol. The molecule has 0 radical (unpaired) electrons. The zero-order chi connectivity index (χ0) is 15.3. The van der Waals surface area contributed by atoms with Gasteiger partial charge in [0, 0.05) is 12.5 Å². The number of carbonyl (C=O) groups is 2. The van der Waals surface area contributed by atoms with Crippen LogP contribution in [0.3, 0.4) is 0 Å². The summed E-state index contributed by atoms with van der Waals surface area (Å²) in [5.74, 6) is -1.55. The van der Waals surface area contributed by atoms with E-state index in [1.807, 2.05) is 13.8 Å². The van der Waals surface area contributed by atoms with Crippen molar-refractivity contribution in [3.63, 3.8) is 0 Å². The third-order valence-corrected chi connectivity index (χ3v) is 2.62. The molecule has 0 aromatic rings. The summed E-state index contributed by atoms with van der Waals surface area (Å²) >= 11 is 0. The average Bonchev–Trinajstić information content (AvgIpc) is 2.36. The van der Waals surface area contributed by atoms with E-state index in [1.54, 1.807) is 6.08 Å². The molecule has 0 saturated carbocycles. The van der Waals surface area contributed by atoms with Crippen LogP contribution in [0.1, 0.15) is 52.4 Å². The Morgan fingerprint density at radius 3 is 1.89 bits per heavy atom. The molecule has 0 saturated heterocycles. The quantitative estimate of drug-likeness (QED) is 0.561. The minimum absolute atomic E-state index is 0.102. The van der Waals surface area contributed by atoms with E-state index in [4.69, 9.17) is 15.9 Å². The van der Waals surface area contributed by atoms with Crippen molar-refractivity contribution >= 4 is 11.9 Å². The molecular formula is C14H27NO4. The van der Waals surface area contributed by atoms with E-state index in [9.17, 15) is 9.59 Å². The first-order valence-electron chi connectivity index (χ1n) is 6.71. The fraction of sp³-hybridized carbons (Fsp3) is 0.714. The number of nitrogens with two attached hydrogens (primary N) is 1. The number of hydrogen-bond acceptors (Lipinski definition) is 3. The van der Waals surface area contributed by atoms with Gasteiger partial charge in [-0.05, 0) is 19.3 Å². The SMILES string of the molecule is C=CC(N)CCC(=O)O.CCCC(CCC)C(=O)O. The predicted molar refractivity (Wildman–Crippen MR) is 76.0 cm³/mol. The van der Waals surface area contributed by atoms with Gasteiger partial charge in [-0.25, -0.2) is 0 Å². The summed E-state index contributed by atoms with van der Waals surface area (Å²) in [5, 5.41) is 16.8. The molecule has 0 aliphatic carbocycles. The highest BCUT2D eigenvalue weighted by molar-refractivity contribution is 5.69. The smallest absolute Gasteiger partial charge is 0.306 e. The molecule has 0 fully saturated rings. The standard InChI is InChI=1S/C8H16O2.C6H11NO2/c1-3-5-7(6-4-2)8(9)10;1-2-5(7)3-4-6(8)9/h7H,3-6H2,1-2H3,(H,9,10);2,5H,1,3-4,7H2,(H,8,9). The van der Waals surface area contributed by atoms with Crippen molar-refractivity contribution in [2.75, 3.05) is 0 Å². The normalized spacial score (nSPS) is 11.4. The Labute approximate surface area is 115 Å². The zero-order valence-electron chi connectivity index (χ0n) is 12.0. The molecule has 0 bridgehead atoms. The van der Waals surface area contributed by atoms with Crippen LogP contribution >= 0.6 is 0 Å². The second kappa shape index (κ2) is 13.1. The summed E-state index contributed by atoms with van der Waals surface area (Å²) < 4.78 is 0. The van der Waals surface area contributed by atoms with Gasteiger partial charge in [0.1, 0.15) is 0 Å². The van der Waals surface area contributed by atoms with Crippen molar-refractivity contribution in [2.24, 2.45) is 11.7 Å². The van der Waals surface area contributed by atoms with Gasteiger partial charge in [-0.1, -0.05) is 32.8 Å². The fourth-order valence-corrected chi connectivity index (χ4v) is 1.50. The lowest BCUT2D eigenvalue weighted by molar-refractivity contribution is -0.142. The van der Waals surface area contributed by atoms with Crippen LogP contribution in [0.2, 0.25) is 0 Å². The molecule has 0 amide bonds. The minimum Gasteiger partial charge on any atom is -0.481 e. The van der Waals surface area contributed by atoms with Gasteiger partial charge in [-0.3, -0.25) is 9.59 Å². The Bertz CT molecular complexity index is 260. The fourth-order valence-electron chi connectivity index (χ4n) is 1.50. The second-order valence-corrected chi connectivity index (χ2v) is 4.44. The van der Waals surface area contributed by atoms with E-state index in [1.165, 1.54) is 0 Å². The Hall–Kier alpha value is -1.36. The number of hydrogen-bond donors (Lipinski definition) is 3. The lowest BCUT2D eigenvalue weighted by atomic mass is 9.99. The van der Waals surface area contributed by atoms with Gasteiger partial charge in [-0.2, -0.15) is 0 Å². The highest BCUT2D eigenvalue weighted by Crippen LogP contribution is 2.12. The van der Waals surface area contributed by atoms with Gasteiger partial charge in [0.25, 0.3) is 0 Å². The summed E-state index contributed by atoms with van der Waals surface area (Å²) in [5.41, 5.74) is 5.34. The maximum Gasteiger partial charge on any atom is 0.306 e. The molecule has 0 spiro atoms. The Balaban J connectivity index is 0. The van der Waals surface area contributed by atoms with Crippen molar-refractivity contribution in [1.82, 2.24) is 0 Å². The molecule has 1 atom stereocenters. The van der Waals surface area contributed by atoms with Crippen LogP contribution in [0, 0.1) is 5.92 Å². The Morgan fingerprint density at radius 2 is 1.63 bits per heavy atom. The maximum atomic E-state index is 10.5. The summed E-state index contributed by atoms with van der Waals surface area (Å²) in [7, 11) is 0. The van der Waals surface area contributed by atoms with Crippen molar-refractivity contribution in [3.05, 3.63) is 12.7 Å². The largest absolute Gasteiger partial charge is 0.481 e. The first kappa shape index (κ1) is 20.0. The van der Waals surface area contributed by atoms with Crippen LogP contribution in [0.15, 0.2) is 12.7 Å². The molecule has 0 aromatic carbocycles. The summed E-state index contributed by atoms with van der Waals surface area (Å²) in [6.07, 6.45) is 5.72. The minimum atomic E-state index is -0.813. The predicted octanol–water partition coefficient (Wildman–Crippen LogP) is 2.65. The summed E-state index contributed by atoms with van der Waals surface area (Å²) in [6.45, 7) is 7.46. The van der Waals surface area contributed by atoms with Gasteiger partial charge in [0.2, 0.25) is 0 Å². The van der Waals surface area contributed by atoms with Crippen LogP contribution in [-0.2, 0) is 9.59 Å². The zero-order valence-corrected chi connectivity index (χ0v) is 12.0. The Morgan fingerprint density at radius 1 is 1.16 bits per heavy atom. The van der Waals surface area contributed by atoms with Crippen molar-refractivity contribution in [3.8, 4) is 0 Å².